The number of oxazole rings is 1. The lowest BCUT2D eigenvalue weighted by atomic mass is 10.3. The third-order valence-corrected chi connectivity index (χ3v) is 3.66. The van der Waals surface area contributed by atoms with E-state index in [0.717, 1.165) is 16.8 Å². The highest BCUT2D eigenvalue weighted by Crippen LogP contribution is 2.16. The van der Waals surface area contributed by atoms with Crippen molar-refractivity contribution in [3.05, 3.63) is 59.4 Å². The van der Waals surface area contributed by atoms with Crippen molar-refractivity contribution in [2.75, 3.05) is 13.2 Å². The number of aromatic nitrogens is 1. The molecule has 0 spiro atoms. The van der Waals surface area contributed by atoms with E-state index >= 15 is 0 Å². The van der Waals surface area contributed by atoms with E-state index in [2.05, 4.69) is 10.3 Å². The molecule has 0 saturated carbocycles. The number of halogens is 1. The lowest BCUT2D eigenvalue weighted by Crippen LogP contribution is -2.28. The van der Waals surface area contributed by atoms with Gasteiger partial charge in [-0.3, -0.25) is 4.79 Å². The molecule has 6 heteroatoms. The Balaban J connectivity index is 1.37. The Hall–Kier alpha value is -2.53. The molecule has 5 nitrogen and oxygen atoms in total. The maximum Gasteiger partial charge on any atom is 0.220 e. The lowest BCUT2D eigenvalue weighted by molar-refractivity contribution is -0.121. The summed E-state index contributed by atoms with van der Waals surface area (Å²) in [5.41, 5.74) is 1.55. The van der Waals surface area contributed by atoms with Gasteiger partial charge in [-0.1, -0.05) is 23.7 Å². The molecule has 124 valence electrons. The van der Waals surface area contributed by atoms with E-state index in [-0.39, 0.29) is 5.91 Å². The number of nitrogens with zero attached hydrogens (tertiary/aromatic N) is 1. The maximum atomic E-state index is 11.8. The van der Waals surface area contributed by atoms with Crippen molar-refractivity contribution < 1.29 is 13.9 Å². The van der Waals surface area contributed by atoms with Gasteiger partial charge >= 0.3 is 0 Å². The smallest absolute Gasteiger partial charge is 0.220 e. The van der Waals surface area contributed by atoms with Crippen molar-refractivity contribution in [3.8, 4) is 5.75 Å². The summed E-state index contributed by atoms with van der Waals surface area (Å²) in [6, 6.07) is 14.6. The number of nitrogens with one attached hydrogen (secondary N) is 1. The number of para-hydroxylation sites is 2. The zero-order valence-electron chi connectivity index (χ0n) is 13.0. The number of carbonyl (C=O) groups excluding carboxylic acids is 1. The van der Waals surface area contributed by atoms with Crippen LogP contribution in [-0.4, -0.2) is 24.0 Å². The summed E-state index contributed by atoms with van der Waals surface area (Å²) in [4.78, 5) is 16.2. The van der Waals surface area contributed by atoms with Crippen LogP contribution in [-0.2, 0) is 11.2 Å². The van der Waals surface area contributed by atoms with Crippen molar-refractivity contribution in [2.24, 2.45) is 0 Å². The molecular weight excluding hydrogens is 328 g/mol. The summed E-state index contributed by atoms with van der Waals surface area (Å²) in [5.74, 6) is 1.24. The van der Waals surface area contributed by atoms with E-state index in [1.807, 2.05) is 24.3 Å². The zero-order chi connectivity index (χ0) is 16.8. The second-order valence-electron chi connectivity index (χ2n) is 5.23. The van der Waals surface area contributed by atoms with Gasteiger partial charge in [0, 0.05) is 17.9 Å². The third kappa shape index (κ3) is 4.49. The van der Waals surface area contributed by atoms with E-state index in [9.17, 15) is 4.79 Å². The standard InChI is InChI=1S/C18H17ClN2O3/c19-13-5-7-14(8-6-13)23-12-11-20-17(22)9-10-18-21-15-3-1-2-4-16(15)24-18/h1-8H,9-12H2,(H,20,22). The van der Waals surface area contributed by atoms with Gasteiger partial charge in [-0.25, -0.2) is 4.98 Å². The fourth-order valence-corrected chi connectivity index (χ4v) is 2.35. The molecular formula is C18H17ClN2O3. The second-order valence-corrected chi connectivity index (χ2v) is 5.66. The Morgan fingerprint density at radius 3 is 2.75 bits per heavy atom. The van der Waals surface area contributed by atoms with Crippen molar-refractivity contribution in [1.29, 1.82) is 0 Å². The van der Waals surface area contributed by atoms with Crippen LogP contribution in [0, 0.1) is 0 Å². The van der Waals surface area contributed by atoms with E-state index < -0.39 is 0 Å². The topological polar surface area (TPSA) is 64.4 Å². The number of amides is 1. The Morgan fingerprint density at radius 1 is 1.17 bits per heavy atom. The number of benzene rings is 2. The number of fused-ring (bicyclic) bond motifs is 1. The predicted octanol–water partition coefficient (Wildman–Crippen LogP) is 3.61. The zero-order valence-corrected chi connectivity index (χ0v) is 13.8. The van der Waals surface area contributed by atoms with Crippen molar-refractivity contribution in [2.45, 2.75) is 12.8 Å². The molecule has 0 bridgehead atoms. The molecule has 0 aliphatic rings. The van der Waals surface area contributed by atoms with Crippen LogP contribution in [0.5, 0.6) is 5.75 Å². The summed E-state index contributed by atoms with van der Waals surface area (Å²) >= 11 is 5.80. The number of carbonyl (C=O) groups is 1. The minimum atomic E-state index is -0.0584. The van der Waals surface area contributed by atoms with Crippen LogP contribution < -0.4 is 10.1 Å². The highest BCUT2D eigenvalue weighted by atomic mass is 35.5. The molecule has 0 saturated heterocycles. The first-order valence-electron chi connectivity index (χ1n) is 7.70. The number of hydrogen-bond donors (Lipinski definition) is 1. The molecule has 3 aromatic rings. The summed E-state index contributed by atoms with van der Waals surface area (Å²) in [7, 11) is 0. The molecule has 1 aromatic heterocycles. The van der Waals surface area contributed by atoms with Crippen molar-refractivity contribution in [3.63, 3.8) is 0 Å². The molecule has 0 unspecified atom stereocenters. The minimum absolute atomic E-state index is 0.0584. The van der Waals surface area contributed by atoms with Crippen LogP contribution in [0.1, 0.15) is 12.3 Å². The maximum absolute atomic E-state index is 11.8. The highest BCUT2D eigenvalue weighted by Gasteiger charge is 2.08. The number of rotatable bonds is 7. The molecule has 3 rings (SSSR count). The lowest BCUT2D eigenvalue weighted by Gasteiger charge is -2.07. The van der Waals surface area contributed by atoms with Crippen LogP contribution >= 0.6 is 11.6 Å². The molecule has 2 aromatic carbocycles. The first-order valence-corrected chi connectivity index (χ1v) is 8.08. The summed E-state index contributed by atoms with van der Waals surface area (Å²) in [6.07, 6.45) is 0.798. The largest absolute Gasteiger partial charge is 0.492 e. The number of ether oxygens (including phenoxy) is 1. The average molecular weight is 345 g/mol. The monoisotopic (exact) mass is 344 g/mol. The summed E-state index contributed by atoms with van der Waals surface area (Å²) < 4.78 is 11.1. The molecule has 0 aliphatic heterocycles. The molecule has 0 radical (unpaired) electrons. The molecule has 0 fully saturated rings. The molecule has 1 heterocycles. The van der Waals surface area contributed by atoms with Crippen LogP contribution in [0.2, 0.25) is 5.02 Å². The molecule has 0 aliphatic carbocycles. The Labute approximate surface area is 144 Å². The molecule has 24 heavy (non-hydrogen) atoms. The molecule has 0 atom stereocenters. The Kier molecular flexibility index (Phi) is 5.33. The second kappa shape index (κ2) is 7.84. The van der Waals surface area contributed by atoms with E-state index in [0.29, 0.717) is 36.9 Å². The Morgan fingerprint density at radius 2 is 1.96 bits per heavy atom. The first-order chi connectivity index (χ1) is 11.7. The van der Waals surface area contributed by atoms with Gasteiger partial charge < -0.3 is 14.5 Å². The summed E-state index contributed by atoms with van der Waals surface area (Å²) in [5, 5.41) is 3.47. The van der Waals surface area contributed by atoms with Crippen LogP contribution in [0.15, 0.2) is 52.9 Å². The molecule has 1 amide bonds. The summed E-state index contributed by atoms with van der Waals surface area (Å²) in [6.45, 7) is 0.839. The number of aryl methyl sites for hydroxylation is 1. The van der Waals surface area contributed by atoms with E-state index in [1.165, 1.54) is 0 Å². The van der Waals surface area contributed by atoms with Crippen molar-refractivity contribution >= 4 is 28.6 Å². The predicted molar refractivity (Wildman–Crippen MR) is 92.3 cm³/mol. The van der Waals surface area contributed by atoms with Gasteiger partial charge in [-0.2, -0.15) is 0 Å². The van der Waals surface area contributed by atoms with Crippen LogP contribution in [0.25, 0.3) is 11.1 Å². The quantitative estimate of drug-likeness (QED) is 0.665. The van der Waals surface area contributed by atoms with E-state index in [1.54, 1.807) is 24.3 Å². The first kappa shape index (κ1) is 16.3. The van der Waals surface area contributed by atoms with Gasteiger partial charge in [0.05, 0.1) is 6.54 Å². The van der Waals surface area contributed by atoms with Gasteiger partial charge in [-0.05, 0) is 36.4 Å². The average Bonchev–Trinajstić information content (AvgIpc) is 3.01. The Bertz CT molecular complexity index is 782. The molecule has 1 N–H and O–H groups in total. The third-order valence-electron chi connectivity index (χ3n) is 3.41. The van der Waals surface area contributed by atoms with Crippen LogP contribution in [0.4, 0.5) is 0 Å². The van der Waals surface area contributed by atoms with Gasteiger partial charge in [0.2, 0.25) is 5.91 Å². The fraction of sp³-hybridized carbons (Fsp3) is 0.222. The number of hydrogen-bond acceptors (Lipinski definition) is 4. The normalized spacial score (nSPS) is 10.7. The van der Waals surface area contributed by atoms with Gasteiger partial charge in [0.25, 0.3) is 0 Å². The highest BCUT2D eigenvalue weighted by molar-refractivity contribution is 6.30. The van der Waals surface area contributed by atoms with Gasteiger partial charge in [0.15, 0.2) is 11.5 Å². The van der Waals surface area contributed by atoms with Crippen molar-refractivity contribution in [1.82, 2.24) is 10.3 Å². The fourth-order valence-electron chi connectivity index (χ4n) is 2.23. The van der Waals surface area contributed by atoms with E-state index in [4.69, 9.17) is 20.8 Å². The minimum Gasteiger partial charge on any atom is -0.492 e. The SMILES string of the molecule is O=C(CCc1nc2ccccc2o1)NCCOc1ccc(Cl)cc1. The van der Waals surface area contributed by atoms with Gasteiger partial charge in [0.1, 0.15) is 17.9 Å². The van der Waals surface area contributed by atoms with Gasteiger partial charge in [-0.15, -0.1) is 0 Å². The van der Waals surface area contributed by atoms with Crippen LogP contribution in [0.3, 0.4) is 0 Å².